The van der Waals surface area contributed by atoms with E-state index < -0.39 is 6.23 Å². The molecule has 1 aliphatic rings. The zero-order valence-electron chi connectivity index (χ0n) is 12.0. The summed E-state index contributed by atoms with van der Waals surface area (Å²) in [6.07, 6.45) is 0.300. The lowest BCUT2D eigenvalue weighted by Crippen LogP contribution is -2.44. The maximum atomic E-state index is 11.3. The fourth-order valence-corrected chi connectivity index (χ4v) is 2.79. The highest BCUT2D eigenvalue weighted by Gasteiger charge is 2.25. The number of carbonyl (C=O) groups is 1. The van der Waals surface area contributed by atoms with E-state index in [0.29, 0.717) is 24.7 Å². The van der Waals surface area contributed by atoms with Gasteiger partial charge in [0.15, 0.2) is 12.5 Å². The van der Waals surface area contributed by atoms with Crippen molar-refractivity contribution in [3.05, 3.63) is 59.1 Å². The molecule has 1 N–H and O–H groups in total. The van der Waals surface area contributed by atoms with E-state index in [1.54, 1.807) is 0 Å². The summed E-state index contributed by atoms with van der Waals surface area (Å²) in [5.74, 6) is 0. The number of fused-ring (bicyclic) bond motifs is 1. The zero-order valence-corrected chi connectivity index (χ0v) is 12.8. The molecule has 0 bridgehead atoms. The van der Waals surface area contributed by atoms with E-state index in [1.165, 1.54) is 0 Å². The Morgan fingerprint density at radius 1 is 1.23 bits per heavy atom. The number of rotatable bonds is 5. The van der Waals surface area contributed by atoms with Gasteiger partial charge in [-0.2, -0.15) is 0 Å². The fourth-order valence-electron chi connectivity index (χ4n) is 2.59. The maximum absolute atomic E-state index is 11.3. The van der Waals surface area contributed by atoms with Crippen molar-refractivity contribution in [1.29, 1.82) is 0 Å². The summed E-state index contributed by atoms with van der Waals surface area (Å²) in [4.78, 5) is 13.2. The first-order valence-corrected chi connectivity index (χ1v) is 7.57. The lowest BCUT2D eigenvalue weighted by molar-refractivity contribution is -0.119. The van der Waals surface area contributed by atoms with Gasteiger partial charge in [0.1, 0.15) is 0 Å². The highest BCUT2D eigenvalue weighted by Crippen LogP contribution is 2.28. The molecule has 4 nitrogen and oxygen atoms in total. The number of para-hydroxylation sites is 2. The van der Waals surface area contributed by atoms with Crippen molar-refractivity contribution < 1.29 is 9.53 Å². The van der Waals surface area contributed by atoms with Crippen LogP contribution in [0.25, 0.3) is 0 Å². The van der Waals surface area contributed by atoms with Crippen molar-refractivity contribution >= 4 is 29.3 Å². The third-order valence-electron chi connectivity index (χ3n) is 3.68. The zero-order chi connectivity index (χ0) is 15.4. The molecule has 0 spiro atoms. The van der Waals surface area contributed by atoms with Gasteiger partial charge < -0.3 is 15.0 Å². The van der Waals surface area contributed by atoms with Crippen LogP contribution in [0.1, 0.15) is 5.56 Å². The minimum atomic E-state index is -0.539. The van der Waals surface area contributed by atoms with Gasteiger partial charge in [0.05, 0.1) is 17.3 Å². The summed E-state index contributed by atoms with van der Waals surface area (Å²) in [7, 11) is 0. The normalized spacial score (nSPS) is 17.0. The maximum Gasteiger partial charge on any atom is 0.187 e. The van der Waals surface area contributed by atoms with E-state index in [0.717, 1.165) is 23.2 Å². The molecule has 2 aromatic rings. The van der Waals surface area contributed by atoms with E-state index in [-0.39, 0.29) is 0 Å². The lowest BCUT2D eigenvalue weighted by atomic mass is 10.1. The summed E-state index contributed by atoms with van der Waals surface area (Å²) in [6.45, 7) is 1.77. The molecular formula is C17H17ClN2O2. The number of benzene rings is 2. The Morgan fingerprint density at radius 2 is 2.00 bits per heavy atom. The second-order valence-electron chi connectivity index (χ2n) is 5.07. The summed E-state index contributed by atoms with van der Waals surface area (Å²) < 4.78 is 5.60. The highest BCUT2D eigenvalue weighted by molar-refractivity contribution is 6.33. The predicted molar refractivity (Wildman–Crippen MR) is 88.4 cm³/mol. The minimum Gasteiger partial charge on any atom is -0.382 e. The summed E-state index contributed by atoms with van der Waals surface area (Å²) in [5.41, 5.74) is 3.03. The van der Waals surface area contributed by atoms with Crippen LogP contribution in [0.2, 0.25) is 5.02 Å². The van der Waals surface area contributed by atoms with Gasteiger partial charge in [-0.25, -0.2) is 0 Å². The molecule has 1 atom stereocenters. The molecule has 0 aromatic heterocycles. The Bertz CT molecular complexity index is 663. The first-order valence-electron chi connectivity index (χ1n) is 7.19. The van der Waals surface area contributed by atoms with Crippen molar-refractivity contribution in [3.63, 3.8) is 0 Å². The Kier molecular flexibility index (Phi) is 4.61. The average Bonchev–Trinajstić information content (AvgIpc) is 2.56. The number of aldehydes is 1. The molecule has 1 unspecified atom stereocenters. The number of nitrogens with one attached hydrogen (secondary N) is 1. The van der Waals surface area contributed by atoms with Gasteiger partial charge in [0, 0.05) is 24.3 Å². The van der Waals surface area contributed by atoms with Crippen LogP contribution in [-0.4, -0.2) is 25.6 Å². The highest BCUT2D eigenvalue weighted by atomic mass is 35.5. The van der Waals surface area contributed by atoms with Crippen molar-refractivity contribution in [2.45, 2.75) is 12.8 Å². The summed E-state index contributed by atoms with van der Waals surface area (Å²) in [5, 5.41) is 3.98. The SMILES string of the molecule is O=CC1OCc2ccccc2N1CCNc1ccccc1Cl. The van der Waals surface area contributed by atoms with E-state index in [2.05, 4.69) is 5.32 Å². The Morgan fingerprint density at radius 3 is 2.82 bits per heavy atom. The number of carbonyl (C=O) groups excluding carboxylic acids is 1. The molecule has 0 radical (unpaired) electrons. The van der Waals surface area contributed by atoms with Crippen LogP contribution in [0.3, 0.4) is 0 Å². The molecule has 1 aliphatic heterocycles. The molecule has 1 heterocycles. The largest absolute Gasteiger partial charge is 0.382 e. The third-order valence-corrected chi connectivity index (χ3v) is 4.01. The Balaban J connectivity index is 1.70. The lowest BCUT2D eigenvalue weighted by Gasteiger charge is -2.36. The van der Waals surface area contributed by atoms with Crippen molar-refractivity contribution in [2.24, 2.45) is 0 Å². The van der Waals surface area contributed by atoms with E-state index in [9.17, 15) is 4.79 Å². The van der Waals surface area contributed by atoms with E-state index in [4.69, 9.17) is 16.3 Å². The van der Waals surface area contributed by atoms with Gasteiger partial charge in [0.25, 0.3) is 0 Å². The predicted octanol–water partition coefficient (Wildman–Crippen LogP) is 3.31. The van der Waals surface area contributed by atoms with Gasteiger partial charge in [-0.05, 0) is 18.2 Å². The third kappa shape index (κ3) is 3.08. The second kappa shape index (κ2) is 6.81. The standard InChI is InChI=1S/C17H17ClN2O2/c18-14-6-2-3-7-15(14)19-9-10-20-16-8-4-1-5-13(16)12-22-17(20)11-21/h1-8,11,17,19H,9-10,12H2. The number of ether oxygens (including phenoxy) is 1. The van der Waals surface area contributed by atoms with Gasteiger partial charge in [0.2, 0.25) is 0 Å². The molecule has 3 rings (SSSR count). The van der Waals surface area contributed by atoms with Crippen LogP contribution in [0, 0.1) is 0 Å². The van der Waals surface area contributed by atoms with Gasteiger partial charge in [-0.1, -0.05) is 41.9 Å². The first kappa shape index (κ1) is 14.9. The van der Waals surface area contributed by atoms with Crippen LogP contribution in [-0.2, 0) is 16.1 Å². The van der Waals surface area contributed by atoms with Crippen molar-refractivity contribution in [1.82, 2.24) is 0 Å². The number of halogens is 1. The Hall–Kier alpha value is -2.04. The first-order chi connectivity index (χ1) is 10.8. The number of hydrogen-bond acceptors (Lipinski definition) is 4. The molecule has 0 aliphatic carbocycles. The van der Waals surface area contributed by atoms with Crippen molar-refractivity contribution in [2.75, 3.05) is 23.3 Å². The van der Waals surface area contributed by atoms with Gasteiger partial charge in [-0.3, -0.25) is 4.79 Å². The topological polar surface area (TPSA) is 41.6 Å². The molecule has 0 amide bonds. The number of nitrogens with zero attached hydrogens (tertiary/aromatic N) is 1. The molecular weight excluding hydrogens is 300 g/mol. The molecule has 0 fully saturated rings. The van der Waals surface area contributed by atoms with Gasteiger partial charge >= 0.3 is 0 Å². The average molecular weight is 317 g/mol. The van der Waals surface area contributed by atoms with E-state index >= 15 is 0 Å². The minimum absolute atomic E-state index is 0.466. The van der Waals surface area contributed by atoms with Crippen LogP contribution >= 0.6 is 11.6 Å². The quantitative estimate of drug-likeness (QED) is 0.859. The van der Waals surface area contributed by atoms with Crippen LogP contribution in [0.5, 0.6) is 0 Å². The van der Waals surface area contributed by atoms with Crippen molar-refractivity contribution in [3.8, 4) is 0 Å². The van der Waals surface area contributed by atoms with Crippen LogP contribution in [0.4, 0.5) is 11.4 Å². The van der Waals surface area contributed by atoms with Crippen LogP contribution < -0.4 is 10.2 Å². The van der Waals surface area contributed by atoms with Crippen LogP contribution in [0.15, 0.2) is 48.5 Å². The Labute approximate surface area is 134 Å². The molecule has 0 saturated carbocycles. The second-order valence-corrected chi connectivity index (χ2v) is 5.47. The molecule has 2 aromatic carbocycles. The monoisotopic (exact) mass is 316 g/mol. The van der Waals surface area contributed by atoms with Gasteiger partial charge in [-0.15, -0.1) is 0 Å². The summed E-state index contributed by atoms with van der Waals surface area (Å²) >= 11 is 6.13. The molecule has 5 heteroatoms. The summed E-state index contributed by atoms with van der Waals surface area (Å²) in [6, 6.07) is 15.6. The molecule has 0 saturated heterocycles. The number of anilines is 2. The smallest absolute Gasteiger partial charge is 0.187 e. The fraction of sp³-hybridized carbons (Fsp3) is 0.235. The molecule has 114 valence electrons. The van der Waals surface area contributed by atoms with E-state index in [1.807, 2.05) is 53.4 Å². The molecule has 22 heavy (non-hydrogen) atoms. The number of hydrogen-bond donors (Lipinski definition) is 1.